The number of nitrogens with zero attached hydrogens (tertiary/aromatic N) is 3. The molecule has 1 saturated carbocycles. The predicted molar refractivity (Wildman–Crippen MR) is 178 cm³/mol. The van der Waals surface area contributed by atoms with Crippen molar-refractivity contribution in [2.45, 2.75) is 69.5 Å². The number of carbonyl (C=O) groups is 8. The third-order valence-electron chi connectivity index (χ3n) is 10.0. The van der Waals surface area contributed by atoms with Gasteiger partial charge in [-0.2, -0.15) is 5.10 Å². The maximum atomic E-state index is 13.3. The van der Waals surface area contributed by atoms with E-state index in [1.54, 1.807) is 30.5 Å². The fraction of sp³-hybridized carbons (Fsp3) is 0.343. The van der Waals surface area contributed by atoms with E-state index >= 15 is 0 Å². The number of anilines is 2. The van der Waals surface area contributed by atoms with Gasteiger partial charge in [0, 0.05) is 36.0 Å². The second kappa shape index (κ2) is 13.3. The van der Waals surface area contributed by atoms with Gasteiger partial charge in [0.1, 0.15) is 12.1 Å². The van der Waals surface area contributed by atoms with Gasteiger partial charge in [0.05, 0.1) is 34.5 Å². The molecule has 262 valence electrons. The average Bonchev–Trinajstić information content (AvgIpc) is 3.91. The number of hydrogen-bond acceptors (Lipinski definition) is 11. The van der Waals surface area contributed by atoms with Crippen molar-refractivity contribution in [3.05, 3.63) is 76.6 Å². The molecule has 3 unspecified atom stereocenters. The lowest BCUT2D eigenvalue weighted by Gasteiger charge is -2.28. The Morgan fingerprint density at radius 3 is 1.78 bits per heavy atom. The normalized spacial score (nSPS) is 22.4. The number of benzene rings is 2. The molecule has 3 atom stereocenters. The fourth-order valence-electron chi connectivity index (χ4n) is 7.54. The van der Waals surface area contributed by atoms with Crippen LogP contribution in [0.5, 0.6) is 0 Å². The molecule has 8 amide bonds. The third kappa shape index (κ3) is 5.91. The van der Waals surface area contributed by atoms with Crippen LogP contribution in [0.25, 0.3) is 0 Å². The molecule has 5 aliphatic rings. The summed E-state index contributed by atoms with van der Waals surface area (Å²) in [7, 11) is 0. The lowest BCUT2D eigenvalue weighted by Crippen LogP contribution is -2.54. The summed E-state index contributed by atoms with van der Waals surface area (Å²) in [4.78, 5) is 99.6. The van der Waals surface area contributed by atoms with Crippen LogP contribution in [0, 0.1) is 5.92 Å². The second-order valence-corrected chi connectivity index (χ2v) is 13.1. The Morgan fingerprint density at radius 2 is 1.25 bits per heavy atom. The van der Waals surface area contributed by atoms with Gasteiger partial charge in [0.25, 0.3) is 23.6 Å². The Balaban J connectivity index is 0.000000175. The van der Waals surface area contributed by atoms with Gasteiger partial charge in [-0.15, -0.1) is 0 Å². The van der Waals surface area contributed by atoms with Gasteiger partial charge in [-0.05, 0) is 55.9 Å². The molecule has 6 N–H and O–H groups in total. The summed E-state index contributed by atoms with van der Waals surface area (Å²) < 4.78 is 0. The maximum Gasteiger partial charge on any atom is 0.264 e. The number of rotatable bonds is 6. The highest BCUT2D eigenvalue weighted by Crippen LogP contribution is 2.40. The number of fused-ring (bicyclic) bond motifs is 2. The van der Waals surface area contributed by atoms with E-state index in [4.69, 9.17) is 5.73 Å². The molecular weight excluding hydrogens is 660 g/mol. The van der Waals surface area contributed by atoms with Gasteiger partial charge >= 0.3 is 0 Å². The molecular formula is C35H34N8O8. The summed E-state index contributed by atoms with van der Waals surface area (Å²) in [6.45, 7) is 0. The number of carbonyl (C=O) groups excluding carboxylic acids is 8. The standard InChI is InChI=1S/C22H23N5O4.C13H11N3O4/c28-17-9-8-16(20(29)26-17)27-21(30)14-6-3-7-15(18(14)22(27)31)25-19(12-4-1-2-5-12)13-10-23-24-11-13;14-7-3-1-2-6-10(7)13(20)16(12(6)19)8-4-5-9(17)15-11(8)18/h3,6-7,10-12,16,19,25H,1-2,4-5,8-9H2,(H,23,24)(H,26,28,29);1-3,8H,4-5,14H2,(H,15,17,18). The van der Waals surface area contributed by atoms with Crippen molar-refractivity contribution in [2.24, 2.45) is 5.92 Å². The molecule has 5 heterocycles. The molecule has 3 fully saturated rings. The Kier molecular flexibility index (Phi) is 8.66. The summed E-state index contributed by atoms with van der Waals surface area (Å²) in [5.74, 6) is -3.77. The molecule has 2 saturated heterocycles. The maximum absolute atomic E-state index is 13.3. The van der Waals surface area contributed by atoms with E-state index in [9.17, 15) is 38.4 Å². The summed E-state index contributed by atoms with van der Waals surface area (Å²) in [5, 5.41) is 14.8. The van der Waals surface area contributed by atoms with Gasteiger partial charge in [0.2, 0.25) is 23.6 Å². The molecule has 51 heavy (non-hydrogen) atoms. The molecule has 16 nitrogen and oxygen atoms in total. The average molecular weight is 695 g/mol. The van der Waals surface area contributed by atoms with E-state index < -0.39 is 53.4 Å². The number of aromatic nitrogens is 2. The number of amides is 8. The first-order valence-electron chi connectivity index (χ1n) is 16.7. The molecule has 16 heteroatoms. The van der Waals surface area contributed by atoms with Crippen molar-refractivity contribution < 1.29 is 38.4 Å². The molecule has 2 aromatic carbocycles. The molecule has 4 aliphatic heterocycles. The quantitative estimate of drug-likeness (QED) is 0.184. The van der Waals surface area contributed by atoms with Crippen LogP contribution in [-0.2, 0) is 19.2 Å². The number of aromatic amines is 1. The summed E-state index contributed by atoms with van der Waals surface area (Å²) in [6, 6.07) is 7.76. The first-order valence-corrected chi connectivity index (χ1v) is 16.7. The minimum Gasteiger partial charge on any atom is -0.398 e. The van der Waals surface area contributed by atoms with Crippen molar-refractivity contribution in [3.63, 3.8) is 0 Å². The van der Waals surface area contributed by atoms with E-state index in [0.717, 1.165) is 41.0 Å². The molecule has 0 radical (unpaired) electrons. The highest BCUT2D eigenvalue weighted by Gasteiger charge is 2.47. The van der Waals surface area contributed by atoms with Gasteiger partial charge in [0.15, 0.2) is 0 Å². The first-order chi connectivity index (χ1) is 24.5. The molecule has 1 aliphatic carbocycles. The number of nitrogen functional groups attached to an aromatic ring is 1. The minimum atomic E-state index is -0.975. The number of nitrogens with one attached hydrogen (secondary N) is 4. The highest BCUT2D eigenvalue weighted by atomic mass is 16.2. The van der Waals surface area contributed by atoms with Gasteiger partial charge in [-0.25, -0.2) is 0 Å². The van der Waals surface area contributed by atoms with E-state index in [-0.39, 0.29) is 65.6 Å². The number of hydrogen-bond donors (Lipinski definition) is 5. The zero-order valence-corrected chi connectivity index (χ0v) is 27.3. The smallest absolute Gasteiger partial charge is 0.264 e. The zero-order valence-electron chi connectivity index (χ0n) is 27.3. The Bertz CT molecular complexity index is 2000. The minimum absolute atomic E-state index is 0.0414. The van der Waals surface area contributed by atoms with E-state index in [0.29, 0.717) is 11.6 Å². The monoisotopic (exact) mass is 694 g/mol. The number of nitrogens with two attached hydrogens (primary N) is 1. The zero-order chi connectivity index (χ0) is 36.0. The van der Waals surface area contributed by atoms with Crippen LogP contribution in [0.3, 0.4) is 0 Å². The summed E-state index contributed by atoms with van der Waals surface area (Å²) in [6.07, 6.45) is 8.57. The van der Waals surface area contributed by atoms with Crippen LogP contribution in [0.15, 0.2) is 48.8 Å². The first kappa shape index (κ1) is 33.3. The Hall–Kier alpha value is -6.19. The highest BCUT2D eigenvalue weighted by molar-refractivity contribution is 6.26. The summed E-state index contributed by atoms with van der Waals surface area (Å²) >= 11 is 0. The summed E-state index contributed by atoms with van der Waals surface area (Å²) in [5.41, 5.74) is 8.38. The predicted octanol–water partition coefficient (Wildman–Crippen LogP) is 1.82. The van der Waals surface area contributed by atoms with Crippen LogP contribution in [0.1, 0.15) is 104 Å². The largest absolute Gasteiger partial charge is 0.398 e. The van der Waals surface area contributed by atoms with Crippen LogP contribution in [-0.4, -0.2) is 79.3 Å². The number of H-pyrrole nitrogens is 1. The van der Waals surface area contributed by atoms with Crippen molar-refractivity contribution >= 4 is 58.6 Å². The number of piperidine rings is 2. The SMILES string of the molecule is Nc1cccc2c1C(=O)N(C1CCC(=O)NC1=O)C2=O.O=C1CCC(N2C(=O)c3cccc(NC(c4cn[nH]c4)C4CCCC4)c3C2=O)C(=O)N1. The third-order valence-corrected chi connectivity index (χ3v) is 10.0. The van der Waals surface area contributed by atoms with Gasteiger partial charge in [-0.3, -0.25) is 63.9 Å². The lowest BCUT2D eigenvalue weighted by atomic mass is 9.92. The van der Waals surface area contributed by atoms with E-state index in [2.05, 4.69) is 26.1 Å². The van der Waals surface area contributed by atoms with Crippen molar-refractivity contribution in [1.29, 1.82) is 0 Å². The molecule has 3 aromatic rings. The van der Waals surface area contributed by atoms with Crippen molar-refractivity contribution in [3.8, 4) is 0 Å². The van der Waals surface area contributed by atoms with Crippen LogP contribution >= 0.6 is 0 Å². The molecule has 1 aromatic heterocycles. The topological polar surface area (TPSA) is 234 Å². The van der Waals surface area contributed by atoms with Crippen LogP contribution in [0.4, 0.5) is 11.4 Å². The van der Waals surface area contributed by atoms with Crippen molar-refractivity contribution in [2.75, 3.05) is 11.1 Å². The number of imide groups is 4. The van der Waals surface area contributed by atoms with Crippen LogP contribution in [0.2, 0.25) is 0 Å². The van der Waals surface area contributed by atoms with Gasteiger partial charge < -0.3 is 11.1 Å². The fourth-order valence-corrected chi connectivity index (χ4v) is 7.54. The molecule has 0 bridgehead atoms. The lowest BCUT2D eigenvalue weighted by molar-refractivity contribution is -0.137. The van der Waals surface area contributed by atoms with Crippen LogP contribution < -0.4 is 21.7 Å². The molecule has 0 spiro atoms. The molecule has 8 rings (SSSR count). The Morgan fingerprint density at radius 1 is 0.706 bits per heavy atom. The van der Waals surface area contributed by atoms with E-state index in [1.807, 2.05) is 6.20 Å². The second-order valence-electron chi connectivity index (χ2n) is 13.1. The van der Waals surface area contributed by atoms with E-state index in [1.165, 1.54) is 12.1 Å². The Labute approximate surface area is 290 Å². The van der Waals surface area contributed by atoms with Gasteiger partial charge in [-0.1, -0.05) is 25.0 Å². The van der Waals surface area contributed by atoms with Crippen molar-refractivity contribution in [1.82, 2.24) is 30.6 Å².